The van der Waals surface area contributed by atoms with E-state index in [1.807, 2.05) is 4.90 Å². The molecule has 3 amide bonds. The fraction of sp³-hybridized carbons (Fsp3) is 0.607. The molecule has 0 bridgehead atoms. The maximum atomic E-state index is 14.2. The van der Waals surface area contributed by atoms with Gasteiger partial charge in [0.15, 0.2) is 0 Å². The Balaban J connectivity index is 1.14. The first kappa shape index (κ1) is 30.5. The maximum absolute atomic E-state index is 14.2. The molecule has 43 heavy (non-hydrogen) atoms. The number of nitrogens with one attached hydrogen (secondary N) is 1. The van der Waals surface area contributed by atoms with Gasteiger partial charge in [-0.2, -0.15) is 8.78 Å². The Labute approximate surface area is 251 Å². The second-order valence-corrected chi connectivity index (χ2v) is 14.5. The van der Waals surface area contributed by atoms with Gasteiger partial charge in [-0.15, -0.1) is 11.3 Å². The van der Waals surface area contributed by atoms with Crippen LogP contribution in [0.3, 0.4) is 0 Å². The molecule has 6 rings (SSSR count). The number of rotatable bonds is 6. The molecule has 234 valence electrons. The molecule has 0 saturated carbocycles. The molecule has 0 spiro atoms. The minimum absolute atomic E-state index is 0.0431. The highest BCUT2D eigenvalue weighted by Crippen LogP contribution is 2.59. The normalized spacial score (nSPS) is 26.1. The Morgan fingerprint density at radius 1 is 1.02 bits per heavy atom. The van der Waals surface area contributed by atoms with Crippen molar-refractivity contribution in [3.05, 3.63) is 34.7 Å². The molecule has 11 nitrogen and oxygen atoms in total. The Kier molecular flexibility index (Phi) is 8.38. The monoisotopic (exact) mass is 640 g/mol. The number of likely N-dealkylation sites (tertiary alicyclic amines) is 1. The highest BCUT2D eigenvalue weighted by Gasteiger charge is 2.51. The molecule has 0 radical (unpaired) electrons. The van der Waals surface area contributed by atoms with E-state index < -0.39 is 36.8 Å². The molecule has 4 saturated heterocycles. The van der Waals surface area contributed by atoms with Crippen LogP contribution in [0.4, 0.5) is 8.78 Å². The molecule has 3 N–H and O–H groups in total. The van der Waals surface area contributed by atoms with Crippen molar-refractivity contribution in [2.75, 3.05) is 39.4 Å². The lowest BCUT2D eigenvalue weighted by Gasteiger charge is -2.48. The van der Waals surface area contributed by atoms with Crippen molar-refractivity contribution in [2.45, 2.75) is 68.4 Å². The quantitative estimate of drug-likeness (QED) is 0.410. The summed E-state index contributed by atoms with van der Waals surface area (Å²) in [6.07, 6.45) is 4.16. The minimum Gasteiger partial charge on any atom is -0.379 e. The van der Waals surface area contributed by atoms with Crippen LogP contribution in [-0.4, -0.2) is 106 Å². The number of carbonyl (C=O) groups excluding carboxylic acids is 3. The van der Waals surface area contributed by atoms with E-state index >= 15 is 0 Å². The van der Waals surface area contributed by atoms with Crippen molar-refractivity contribution in [1.29, 1.82) is 0 Å². The summed E-state index contributed by atoms with van der Waals surface area (Å²) in [5.41, 5.74) is -5.21. The molecule has 0 aliphatic carbocycles. The standard InChI is InChI=1S/C28H35F2N4O7PS/c29-28(30,42(38,39)40)18-5-8-23-17(13-18)14-24(43-23)25(35)31-21-4-2-1-3-19-6-7-22(34(19)26(21)36)27(37)33-15-20(16-33)32-9-11-41-12-10-32/h5,8,13-14,19-22H,1-4,6-7,9-12,15-16H2,(H,31,35)(H2,38,39,40)/t19-,21-,22-/m0/s1. The third-order valence-corrected chi connectivity index (χ3v) is 11.2. The lowest BCUT2D eigenvalue weighted by molar-refractivity contribution is -0.152. The number of alkyl halides is 2. The molecular formula is C28H35F2N4O7PS. The topological polar surface area (TPSA) is 140 Å². The fourth-order valence-corrected chi connectivity index (χ4v) is 8.09. The number of morpholine rings is 1. The van der Waals surface area contributed by atoms with Crippen LogP contribution in [0.15, 0.2) is 24.3 Å². The Morgan fingerprint density at radius 3 is 2.47 bits per heavy atom. The molecule has 4 fully saturated rings. The Hall–Kier alpha value is -2.48. The van der Waals surface area contributed by atoms with Gasteiger partial charge in [-0.3, -0.25) is 23.8 Å². The lowest BCUT2D eigenvalue weighted by atomic mass is 9.98. The summed E-state index contributed by atoms with van der Waals surface area (Å²) in [4.78, 5) is 65.0. The number of carbonyl (C=O) groups is 3. The highest BCUT2D eigenvalue weighted by atomic mass is 32.1. The first-order chi connectivity index (χ1) is 20.4. The molecule has 1 aromatic heterocycles. The molecule has 15 heteroatoms. The second kappa shape index (κ2) is 11.8. The summed E-state index contributed by atoms with van der Waals surface area (Å²) in [6.45, 7) is 4.36. The van der Waals surface area contributed by atoms with Crippen LogP contribution in [0.1, 0.15) is 53.8 Å². The number of ether oxygens (including phenoxy) is 1. The van der Waals surface area contributed by atoms with Gasteiger partial charge < -0.3 is 29.6 Å². The zero-order valence-corrected chi connectivity index (χ0v) is 25.2. The van der Waals surface area contributed by atoms with Crippen LogP contribution in [-0.2, 0) is 24.6 Å². The third-order valence-electron chi connectivity index (χ3n) is 9.11. The number of hydrogen-bond acceptors (Lipinski definition) is 7. The summed E-state index contributed by atoms with van der Waals surface area (Å²) in [5, 5.41) is 3.06. The fourth-order valence-electron chi connectivity index (χ4n) is 6.67. The van der Waals surface area contributed by atoms with Crippen molar-refractivity contribution < 1.29 is 42.3 Å². The smallest absolute Gasteiger partial charge is 0.379 e. The van der Waals surface area contributed by atoms with Crippen LogP contribution in [0, 0.1) is 0 Å². The van der Waals surface area contributed by atoms with Crippen molar-refractivity contribution in [1.82, 2.24) is 20.0 Å². The average molecular weight is 641 g/mol. The van der Waals surface area contributed by atoms with Gasteiger partial charge in [-0.25, -0.2) is 0 Å². The van der Waals surface area contributed by atoms with Crippen LogP contribution in [0.25, 0.3) is 10.1 Å². The number of nitrogens with zero attached hydrogens (tertiary/aromatic N) is 3. The molecule has 4 aliphatic rings. The van der Waals surface area contributed by atoms with Crippen molar-refractivity contribution in [2.24, 2.45) is 0 Å². The van der Waals surface area contributed by atoms with E-state index in [2.05, 4.69) is 10.2 Å². The maximum Gasteiger partial charge on any atom is 0.399 e. The number of fused-ring (bicyclic) bond motifs is 2. The van der Waals surface area contributed by atoms with Gasteiger partial charge in [0, 0.05) is 48.5 Å². The highest BCUT2D eigenvalue weighted by molar-refractivity contribution is 7.52. The van der Waals surface area contributed by atoms with Crippen LogP contribution in [0.5, 0.6) is 0 Å². The minimum atomic E-state index is -5.74. The van der Waals surface area contributed by atoms with E-state index in [-0.39, 0.29) is 28.1 Å². The number of amides is 3. The number of hydrogen-bond donors (Lipinski definition) is 3. The average Bonchev–Trinajstić information content (AvgIpc) is 3.56. The molecule has 1 aromatic carbocycles. The number of halogens is 2. The summed E-state index contributed by atoms with van der Waals surface area (Å²) in [6, 6.07) is 3.43. The lowest BCUT2D eigenvalue weighted by Crippen LogP contribution is -2.66. The molecule has 5 heterocycles. The summed E-state index contributed by atoms with van der Waals surface area (Å²) < 4.78 is 45.7. The van der Waals surface area contributed by atoms with E-state index in [9.17, 15) is 27.7 Å². The zero-order valence-electron chi connectivity index (χ0n) is 23.5. The third kappa shape index (κ3) is 5.85. The van der Waals surface area contributed by atoms with Crippen molar-refractivity contribution >= 4 is 46.7 Å². The Bertz CT molecular complexity index is 1460. The second-order valence-electron chi connectivity index (χ2n) is 11.8. The molecule has 4 aliphatic heterocycles. The zero-order chi connectivity index (χ0) is 30.5. The van der Waals surface area contributed by atoms with Crippen molar-refractivity contribution in [3.63, 3.8) is 0 Å². The number of thiophene rings is 1. The van der Waals surface area contributed by atoms with Gasteiger partial charge in [-0.05, 0) is 49.3 Å². The van der Waals surface area contributed by atoms with Gasteiger partial charge in [-0.1, -0.05) is 18.9 Å². The van der Waals surface area contributed by atoms with Crippen molar-refractivity contribution in [3.8, 4) is 0 Å². The van der Waals surface area contributed by atoms with Gasteiger partial charge >= 0.3 is 13.3 Å². The van der Waals surface area contributed by atoms with E-state index in [1.54, 1.807) is 4.90 Å². The summed E-state index contributed by atoms with van der Waals surface area (Å²) in [7, 11) is -5.74. The van der Waals surface area contributed by atoms with E-state index in [4.69, 9.17) is 14.5 Å². The van der Waals surface area contributed by atoms with Crippen LogP contribution < -0.4 is 5.32 Å². The van der Waals surface area contributed by atoms with E-state index in [0.717, 1.165) is 62.2 Å². The van der Waals surface area contributed by atoms with E-state index in [0.29, 0.717) is 49.9 Å². The van der Waals surface area contributed by atoms with Crippen LogP contribution in [0.2, 0.25) is 0 Å². The largest absolute Gasteiger partial charge is 0.399 e. The molecular weight excluding hydrogens is 605 g/mol. The van der Waals surface area contributed by atoms with Gasteiger partial charge in [0.1, 0.15) is 12.1 Å². The molecule has 0 unspecified atom stereocenters. The first-order valence-corrected chi connectivity index (χ1v) is 17.1. The Morgan fingerprint density at radius 2 is 1.74 bits per heavy atom. The predicted octanol–water partition coefficient (Wildman–Crippen LogP) is 2.70. The first-order valence-electron chi connectivity index (χ1n) is 14.6. The summed E-state index contributed by atoms with van der Waals surface area (Å²) >= 11 is 1.03. The SMILES string of the molecule is O=C(N[C@H]1CCCC[C@H]2CC[C@@H](C(=O)N3CC(N4CCOCC4)C3)N2C1=O)c1cc2cc(C(F)(F)P(=O)(O)O)ccc2s1. The molecule has 3 atom stereocenters. The molecule has 2 aromatic rings. The van der Waals surface area contributed by atoms with E-state index in [1.165, 1.54) is 12.1 Å². The van der Waals surface area contributed by atoms with Gasteiger partial charge in [0.25, 0.3) is 5.91 Å². The summed E-state index contributed by atoms with van der Waals surface area (Å²) in [5.74, 6) is -0.861. The van der Waals surface area contributed by atoms with Gasteiger partial charge in [0.2, 0.25) is 11.8 Å². The van der Waals surface area contributed by atoms with Gasteiger partial charge in [0.05, 0.1) is 18.1 Å². The number of benzene rings is 1. The van der Waals surface area contributed by atoms with Crippen LogP contribution >= 0.6 is 18.9 Å². The predicted molar refractivity (Wildman–Crippen MR) is 154 cm³/mol.